The standard InChI is InChI=1S/C26H18BrCl4NO4S/c1-2-35-22-10-15(8-17(27)24(22)36-13-14-6-7-20(30)21(31)9-14)11-23-25(33)32(26(34)37-23)12-16-18(28)4-3-5-19(16)29/h3-11H,2,12-13H2,1H3/b23-11-. The maximum absolute atomic E-state index is 13.1. The highest BCUT2D eigenvalue weighted by Gasteiger charge is 2.35. The molecule has 1 heterocycles. The second-order valence-corrected chi connectivity index (χ2v) is 11.2. The fourth-order valence-corrected chi connectivity index (χ4v) is 5.74. The van der Waals surface area contributed by atoms with Gasteiger partial charge in [0.25, 0.3) is 11.1 Å². The van der Waals surface area contributed by atoms with Crippen LogP contribution in [0.1, 0.15) is 23.6 Å². The molecule has 4 rings (SSSR count). The van der Waals surface area contributed by atoms with Crippen LogP contribution in [-0.4, -0.2) is 22.7 Å². The molecular formula is C26H18BrCl4NO4S. The molecule has 1 saturated heterocycles. The van der Waals surface area contributed by atoms with E-state index >= 15 is 0 Å². The molecule has 3 aromatic rings. The Hall–Kier alpha value is -1.87. The summed E-state index contributed by atoms with van der Waals surface area (Å²) in [5, 5.41) is 1.27. The molecule has 1 aliphatic heterocycles. The van der Waals surface area contributed by atoms with Gasteiger partial charge >= 0.3 is 0 Å². The van der Waals surface area contributed by atoms with Gasteiger partial charge < -0.3 is 9.47 Å². The number of thioether (sulfide) groups is 1. The minimum absolute atomic E-state index is 0.0180. The van der Waals surface area contributed by atoms with Crippen LogP contribution < -0.4 is 9.47 Å². The number of benzene rings is 3. The summed E-state index contributed by atoms with van der Waals surface area (Å²) in [4.78, 5) is 27.1. The highest BCUT2D eigenvalue weighted by atomic mass is 79.9. The van der Waals surface area contributed by atoms with Gasteiger partial charge in [-0.15, -0.1) is 0 Å². The van der Waals surface area contributed by atoms with Crippen LogP contribution in [0.25, 0.3) is 6.08 Å². The Morgan fingerprint density at radius 1 is 0.946 bits per heavy atom. The summed E-state index contributed by atoms with van der Waals surface area (Å²) in [5.41, 5.74) is 2.00. The smallest absolute Gasteiger partial charge is 0.293 e. The van der Waals surface area contributed by atoms with Gasteiger partial charge in [0.15, 0.2) is 11.5 Å². The predicted octanol–water partition coefficient (Wildman–Crippen LogP) is 9.28. The van der Waals surface area contributed by atoms with Crippen molar-refractivity contribution < 1.29 is 19.1 Å². The molecule has 2 amide bonds. The highest BCUT2D eigenvalue weighted by molar-refractivity contribution is 9.10. The predicted molar refractivity (Wildman–Crippen MR) is 154 cm³/mol. The second-order valence-electron chi connectivity index (χ2n) is 7.77. The Kier molecular flexibility index (Phi) is 9.38. The normalized spacial score (nSPS) is 14.5. The van der Waals surface area contributed by atoms with E-state index in [0.717, 1.165) is 22.2 Å². The Bertz CT molecular complexity index is 1400. The zero-order valence-electron chi connectivity index (χ0n) is 19.2. The van der Waals surface area contributed by atoms with E-state index in [1.54, 1.807) is 48.5 Å². The fourth-order valence-electron chi connectivity index (χ4n) is 3.49. The molecule has 37 heavy (non-hydrogen) atoms. The average Bonchev–Trinajstić information content (AvgIpc) is 3.10. The number of nitrogens with zero attached hydrogens (tertiary/aromatic N) is 1. The van der Waals surface area contributed by atoms with Crippen molar-refractivity contribution in [3.63, 3.8) is 0 Å². The van der Waals surface area contributed by atoms with E-state index in [4.69, 9.17) is 55.9 Å². The first-order valence-electron chi connectivity index (χ1n) is 10.9. The minimum Gasteiger partial charge on any atom is -0.490 e. The van der Waals surface area contributed by atoms with Gasteiger partial charge in [-0.25, -0.2) is 0 Å². The van der Waals surface area contributed by atoms with Crippen LogP contribution in [0.2, 0.25) is 20.1 Å². The number of imide groups is 1. The van der Waals surface area contributed by atoms with Crippen LogP contribution in [0.4, 0.5) is 4.79 Å². The van der Waals surface area contributed by atoms with E-state index in [1.165, 1.54) is 0 Å². The van der Waals surface area contributed by atoms with Gasteiger partial charge in [-0.2, -0.15) is 0 Å². The molecular weight excluding hydrogens is 644 g/mol. The summed E-state index contributed by atoms with van der Waals surface area (Å²) >= 11 is 28.9. The third-order valence-corrected chi connectivity index (χ3v) is 8.19. The summed E-state index contributed by atoms with van der Waals surface area (Å²) in [5.74, 6) is 0.539. The molecule has 0 unspecified atom stereocenters. The van der Waals surface area contributed by atoms with E-state index in [1.807, 2.05) is 13.0 Å². The van der Waals surface area contributed by atoms with Crippen molar-refractivity contribution in [2.24, 2.45) is 0 Å². The van der Waals surface area contributed by atoms with E-state index in [-0.39, 0.29) is 18.1 Å². The van der Waals surface area contributed by atoms with Gasteiger partial charge in [0.05, 0.1) is 32.6 Å². The van der Waals surface area contributed by atoms with Gasteiger partial charge in [-0.3, -0.25) is 14.5 Å². The number of carbonyl (C=O) groups excluding carboxylic acids is 2. The lowest BCUT2D eigenvalue weighted by Gasteiger charge is -2.15. The number of hydrogen-bond acceptors (Lipinski definition) is 5. The van der Waals surface area contributed by atoms with Crippen LogP contribution in [0.5, 0.6) is 11.5 Å². The Morgan fingerprint density at radius 2 is 1.68 bits per heavy atom. The molecule has 5 nitrogen and oxygen atoms in total. The average molecular weight is 662 g/mol. The van der Waals surface area contributed by atoms with Crippen LogP contribution >= 0.6 is 74.1 Å². The largest absolute Gasteiger partial charge is 0.490 e. The zero-order valence-corrected chi connectivity index (χ0v) is 24.6. The van der Waals surface area contributed by atoms with Crippen molar-refractivity contribution in [1.29, 1.82) is 0 Å². The third-order valence-electron chi connectivity index (χ3n) is 5.25. The summed E-state index contributed by atoms with van der Waals surface area (Å²) < 4.78 is 12.4. The number of ether oxygens (including phenoxy) is 2. The highest BCUT2D eigenvalue weighted by Crippen LogP contribution is 2.40. The summed E-state index contributed by atoms with van der Waals surface area (Å²) in [6.45, 7) is 2.47. The van der Waals surface area contributed by atoms with Crippen LogP contribution in [0.3, 0.4) is 0 Å². The number of hydrogen-bond donors (Lipinski definition) is 0. The summed E-state index contributed by atoms with van der Waals surface area (Å²) in [6, 6.07) is 13.8. The van der Waals surface area contributed by atoms with Gasteiger partial charge in [-0.1, -0.05) is 58.5 Å². The third kappa shape index (κ3) is 6.59. The molecule has 192 valence electrons. The molecule has 0 radical (unpaired) electrons. The van der Waals surface area contributed by atoms with Crippen LogP contribution in [0.15, 0.2) is 57.9 Å². The molecule has 3 aromatic carbocycles. The van der Waals surface area contributed by atoms with E-state index < -0.39 is 11.1 Å². The molecule has 0 atom stereocenters. The number of halogens is 5. The van der Waals surface area contributed by atoms with E-state index in [2.05, 4.69) is 15.9 Å². The lowest BCUT2D eigenvalue weighted by atomic mass is 10.1. The topological polar surface area (TPSA) is 55.8 Å². The molecule has 0 saturated carbocycles. The van der Waals surface area contributed by atoms with Crippen molar-refractivity contribution in [2.75, 3.05) is 6.61 Å². The lowest BCUT2D eigenvalue weighted by Crippen LogP contribution is -2.27. The SMILES string of the molecule is CCOc1cc(/C=C2\SC(=O)N(Cc3c(Cl)cccc3Cl)C2=O)cc(Br)c1OCc1ccc(Cl)c(Cl)c1. The van der Waals surface area contributed by atoms with Crippen molar-refractivity contribution in [3.05, 3.63) is 94.7 Å². The Balaban J connectivity index is 1.57. The molecule has 0 aromatic heterocycles. The summed E-state index contributed by atoms with van der Waals surface area (Å²) in [7, 11) is 0. The maximum Gasteiger partial charge on any atom is 0.293 e. The molecule has 0 bridgehead atoms. The van der Waals surface area contributed by atoms with E-state index in [9.17, 15) is 9.59 Å². The zero-order chi connectivity index (χ0) is 26.7. The first-order valence-corrected chi connectivity index (χ1v) is 14.0. The molecule has 1 fully saturated rings. The van der Waals surface area contributed by atoms with Crippen LogP contribution in [0, 0.1) is 0 Å². The quantitative estimate of drug-likeness (QED) is 0.225. The minimum atomic E-state index is -0.431. The molecule has 0 aliphatic carbocycles. The van der Waals surface area contributed by atoms with Crippen LogP contribution in [-0.2, 0) is 17.9 Å². The molecule has 0 N–H and O–H groups in total. The Morgan fingerprint density at radius 3 is 2.35 bits per heavy atom. The number of rotatable bonds is 8. The lowest BCUT2D eigenvalue weighted by molar-refractivity contribution is -0.123. The van der Waals surface area contributed by atoms with Gasteiger partial charge in [0, 0.05) is 15.6 Å². The molecule has 0 spiro atoms. The van der Waals surface area contributed by atoms with Gasteiger partial charge in [0.1, 0.15) is 6.61 Å². The molecule has 1 aliphatic rings. The number of amides is 2. The molecule has 11 heteroatoms. The number of carbonyl (C=O) groups is 2. The monoisotopic (exact) mass is 659 g/mol. The van der Waals surface area contributed by atoms with Crippen molar-refractivity contribution in [2.45, 2.75) is 20.1 Å². The van der Waals surface area contributed by atoms with Crippen molar-refractivity contribution >= 4 is 91.3 Å². The van der Waals surface area contributed by atoms with Gasteiger partial charge in [0.2, 0.25) is 0 Å². The summed E-state index contributed by atoms with van der Waals surface area (Å²) in [6.07, 6.45) is 1.63. The fraction of sp³-hybridized carbons (Fsp3) is 0.154. The van der Waals surface area contributed by atoms with Gasteiger partial charge in [-0.05, 0) is 88.2 Å². The van der Waals surface area contributed by atoms with E-state index in [0.29, 0.717) is 53.8 Å². The second kappa shape index (κ2) is 12.3. The maximum atomic E-state index is 13.1. The van der Waals surface area contributed by atoms with Crippen molar-refractivity contribution in [1.82, 2.24) is 4.90 Å². The first kappa shape index (κ1) is 28.1. The van der Waals surface area contributed by atoms with Crippen molar-refractivity contribution in [3.8, 4) is 11.5 Å². The first-order chi connectivity index (χ1) is 17.7. The Labute approximate surface area is 246 Å².